The van der Waals surface area contributed by atoms with E-state index in [9.17, 15) is 9.18 Å². The highest BCUT2D eigenvalue weighted by Gasteiger charge is 2.21. The number of benzene rings is 1. The van der Waals surface area contributed by atoms with Crippen LogP contribution in [0.1, 0.15) is 13.3 Å². The fourth-order valence-electron chi connectivity index (χ4n) is 2.94. The molecule has 0 saturated carbocycles. The first-order valence-corrected chi connectivity index (χ1v) is 9.83. The van der Waals surface area contributed by atoms with E-state index in [1.807, 2.05) is 24.0 Å². The van der Waals surface area contributed by atoms with Crippen LogP contribution in [0, 0.1) is 5.82 Å². The molecule has 7 nitrogen and oxygen atoms in total. The minimum atomic E-state index is -0.199. The maximum Gasteiger partial charge on any atom is 0.243 e. The van der Waals surface area contributed by atoms with Gasteiger partial charge in [0, 0.05) is 60.0 Å². The molecular weight excluding hydrogens is 361 g/mol. The second kappa shape index (κ2) is 11.5. The Morgan fingerprint density at radius 1 is 1.25 bits per heavy atom. The summed E-state index contributed by atoms with van der Waals surface area (Å²) < 4.78 is 19.4. The highest BCUT2D eigenvalue weighted by molar-refractivity contribution is 5.85. The number of carbonyl (C=O) groups excluding carboxylic acids is 1. The van der Waals surface area contributed by atoms with Crippen LogP contribution in [0.15, 0.2) is 29.3 Å². The van der Waals surface area contributed by atoms with Crippen molar-refractivity contribution in [1.82, 2.24) is 15.1 Å². The van der Waals surface area contributed by atoms with Crippen molar-refractivity contribution in [2.24, 2.45) is 4.99 Å². The van der Waals surface area contributed by atoms with Crippen LogP contribution < -0.4 is 10.2 Å². The van der Waals surface area contributed by atoms with Crippen molar-refractivity contribution in [3.8, 4) is 0 Å². The van der Waals surface area contributed by atoms with Crippen molar-refractivity contribution in [3.63, 3.8) is 0 Å². The van der Waals surface area contributed by atoms with E-state index >= 15 is 0 Å². The van der Waals surface area contributed by atoms with Crippen molar-refractivity contribution < 1.29 is 13.9 Å². The molecule has 1 aromatic rings. The second-order valence-electron chi connectivity index (χ2n) is 6.83. The van der Waals surface area contributed by atoms with Crippen LogP contribution in [-0.4, -0.2) is 88.2 Å². The summed E-state index contributed by atoms with van der Waals surface area (Å²) in [5.74, 6) is 0.481. The molecular formula is C20H32FN5O2. The number of hydrogen-bond donors (Lipinski definition) is 1. The number of amides is 1. The molecule has 1 fully saturated rings. The molecule has 1 N–H and O–H groups in total. The van der Waals surface area contributed by atoms with Gasteiger partial charge in [-0.1, -0.05) is 12.1 Å². The SMILES string of the molecule is CCOCCCNC(=NCC(=O)N(C)C)N1CCN(c2ccccc2F)CC1. The third-order valence-corrected chi connectivity index (χ3v) is 4.59. The van der Waals surface area contributed by atoms with Gasteiger partial charge in [-0.3, -0.25) is 4.79 Å². The van der Waals surface area contributed by atoms with Crippen LogP contribution in [0.25, 0.3) is 0 Å². The van der Waals surface area contributed by atoms with Gasteiger partial charge in [-0.05, 0) is 25.5 Å². The first-order chi connectivity index (χ1) is 13.5. The largest absolute Gasteiger partial charge is 0.382 e. The van der Waals surface area contributed by atoms with Crippen LogP contribution >= 0.6 is 0 Å². The topological polar surface area (TPSA) is 60.4 Å². The molecule has 156 valence electrons. The lowest BCUT2D eigenvalue weighted by atomic mass is 10.2. The highest BCUT2D eigenvalue weighted by Crippen LogP contribution is 2.20. The molecule has 0 atom stereocenters. The number of nitrogens with zero attached hydrogens (tertiary/aromatic N) is 4. The monoisotopic (exact) mass is 393 g/mol. The average Bonchev–Trinajstić information content (AvgIpc) is 2.70. The molecule has 0 aliphatic carbocycles. The van der Waals surface area contributed by atoms with Gasteiger partial charge in [0.25, 0.3) is 0 Å². The van der Waals surface area contributed by atoms with Gasteiger partial charge in [0.2, 0.25) is 5.91 Å². The first kappa shape index (κ1) is 21.9. The van der Waals surface area contributed by atoms with E-state index in [0.29, 0.717) is 45.1 Å². The summed E-state index contributed by atoms with van der Waals surface area (Å²) in [5, 5.41) is 3.34. The van der Waals surface area contributed by atoms with Crippen molar-refractivity contribution in [2.45, 2.75) is 13.3 Å². The predicted molar refractivity (Wildman–Crippen MR) is 110 cm³/mol. The minimum Gasteiger partial charge on any atom is -0.382 e. The second-order valence-corrected chi connectivity index (χ2v) is 6.83. The van der Waals surface area contributed by atoms with Gasteiger partial charge < -0.3 is 24.8 Å². The lowest BCUT2D eigenvalue weighted by molar-refractivity contribution is -0.127. The Hall–Kier alpha value is -2.35. The smallest absolute Gasteiger partial charge is 0.243 e. The molecule has 28 heavy (non-hydrogen) atoms. The number of halogens is 1. The van der Waals surface area contributed by atoms with Crippen LogP contribution in [0.4, 0.5) is 10.1 Å². The zero-order valence-electron chi connectivity index (χ0n) is 17.2. The molecule has 1 aliphatic heterocycles. The number of para-hydroxylation sites is 1. The number of ether oxygens (including phenoxy) is 1. The van der Waals surface area contributed by atoms with Crippen molar-refractivity contribution in [3.05, 3.63) is 30.1 Å². The van der Waals surface area contributed by atoms with Crippen molar-refractivity contribution in [1.29, 1.82) is 0 Å². The molecule has 0 unspecified atom stereocenters. The quantitative estimate of drug-likeness (QED) is 0.411. The number of piperazine rings is 1. The van der Waals surface area contributed by atoms with E-state index in [4.69, 9.17) is 4.74 Å². The Morgan fingerprint density at radius 2 is 1.96 bits per heavy atom. The summed E-state index contributed by atoms with van der Waals surface area (Å²) in [6, 6.07) is 6.85. The minimum absolute atomic E-state index is 0.0430. The molecule has 1 heterocycles. The lowest BCUT2D eigenvalue weighted by Gasteiger charge is -2.37. The van der Waals surface area contributed by atoms with Gasteiger partial charge in [-0.2, -0.15) is 0 Å². The molecule has 0 aromatic heterocycles. The summed E-state index contributed by atoms with van der Waals surface area (Å²) in [7, 11) is 3.44. The number of aliphatic imine (C=N–C) groups is 1. The van der Waals surface area contributed by atoms with Crippen LogP contribution in [0.3, 0.4) is 0 Å². The van der Waals surface area contributed by atoms with Crippen molar-refractivity contribution in [2.75, 3.05) is 71.5 Å². The lowest BCUT2D eigenvalue weighted by Crippen LogP contribution is -2.53. The summed E-state index contributed by atoms with van der Waals surface area (Å²) in [4.78, 5) is 22.1. The Morgan fingerprint density at radius 3 is 2.61 bits per heavy atom. The van der Waals surface area contributed by atoms with Crippen LogP contribution in [0.5, 0.6) is 0 Å². The Bertz CT molecular complexity index is 645. The first-order valence-electron chi connectivity index (χ1n) is 9.83. The number of guanidine groups is 1. The predicted octanol–water partition coefficient (Wildman–Crippen LogP) is 1.41. The zero-order valence-corrected chi connectivity index (χ0v) is 17.2. The normalized spacial score (nSPS) is 14.9. The van der Waals surface area contributed by atoms with Crippen molar-refractivity contribution >= 4 is 17.6 Å². The van der Waals surface area contributed by atoms with Crippen LogP contribution in [0.2, 0.25) is 0 Å². The molecule has 0 bridgehead atoms. The van der Waals surface area contributed by atoms with E-state index in [0.717, 1.165) is 18.9 Å². The van der Waals surface area contributed by atoms with Gasteiger partial charge in [0.15, 0.2) is 5.96 Å². The van der Waals surface area contributed by atoms with Gasteiger partial charge in [0.05, 0.1) is 5.69 Å². The van der Waals surface area contributed by atoms with E-state index in [1.165, 1.54) is 11.0 Å². The van der Waals surface area contributed by atoms with E-state index in [2.05, 4.69) is 15.2 Å². The van der Waals surface area contributed by atoms with Gasteiger partial charge in [0.1, 0.15) is 12.4 Å². The van der Waals surface area contributed by atoms with E-state index < -0.39 is 0 Å². The maximum absolute atomic E-state index is 14.0. The molecule has 2 rings (SSSR count). The van der Waals surface area contributed by atoms with Gasteiger partial charge in [-0.25, -0.2) is 9.38 Å². The average molecular weight is 394 g/mol. The molecule has 8 heteroatoms. The summed E-state index contributed by atoms with van der Waals surface area (Å²) in [5.41, 5.74) is 0.632. The maximum atomic E-state index is 14.0. The van der Waals surface area contributed by atoms with E-state index in [1.54, 1.807) is 20.2 Å². The number of hydrogen-bond acceptors (Lipinski definition) is 4. The number of anilines is 1. The summed E-state index contributed by atoms with van der Waals surface area (Å²) in [6.45, 7) is 7.01. The molecule has 0 spiro atoms. The number of rotatable bonds is 8. The standard InChI is InChI=1S/C20H32FN5O2/c1-4-28-15-7-10-22-20(23-16-19(27)24(2)3)26-13-11-25(12-14-26)18-9-6-5-8-17(18)21/h5-6,8-9H,4,7,10-16H2,1-3H3,(H,22,23). The molecule has 1 aromatic carbocycles. The fourth-order valence-corrected chi connectivity index (χ4v) is 2.94. The summed E-state index contributed by atoms with van der Waals surface area (Å²) >= 11 is 0. The van der Waals surface area contributed by atoms with E-state index in [-0.39, 0.29) is 18.3 Å². The highest BCUT2D eigenvalue weighted by atomic mass is 19.1. The third-order valence-electron chi connectivity index (χ3n) is 4.59. The van der Waals surface area contributed by atoms with Gasteiger partial charge in [-0.15, -0.1) is 0 Å². The number of likely N-dealkylation sites (N-methyl/N-ethyl adjacent to an activating group) is 1. The number of nitrogens with one attached hydrogen (secondary N) is 1. The molecule has 1 aliphatic rings. The molecule has 0 radical (unpaired) electrons. The Balaban J connectivity index is 1.95. The summed E-state index contributed by atoms with van der Waals surface area (Å²) in [6.07, 6.45) is 0.865. The molecule has 1 amide bonds. The Labute approximate surface area is 167 Å². The van der Waals surface area contributed by atoms with Crippen LogP contribution in [-0.2, 0) is 9.53 Å². The van der Waals surface area contributed by atoms with Gasteiger partial charge >= 0.3 is 0 Å². The zero-order chi connectivity index (χ0) is 20.4. The Kier molecular flexibility index (Phi) is 9.00. The molecule has 1 saturated heterocycles. The third kappa shape index (κ3) is 6.67. The fraction of sp³-hybridized carbons (Fsp3) is 0.600. The number of carbonyl (C=O) groups is 1.